The lowest BCUT2D eigenvalue weighted by Gasteiger charge is -2.11. The molecule has 1 aromatic heterocycles. The van der Waals surface area contributed by atoms with Crippen molar-refractivity contribution in [3.8, 4) is 0 Å². The van der Waals surface area contributed by atoms with Crippen LogP contribution in [0.5, 0.6) is 0 Å². The molecule has 0 bridgehead atoms. The third-order valence-electron chi connectivity index (χ3n) is 2.89. The maximum Gasteiger partial charge on any atom is 0.239 e. The van der Waals surface area contributed by atoms with E-state index in [4.69, 9.17) is 0 Å². The number of hydrogen-bond acceptors (Lipinski definition) is 2. The first-order chi connectivity index (χ1) is 7.66. The van der Waals surface area contributed by atoms with Gasteiger partial charge in [-0.25, -0.2) is 0 Å². The van der Waals surface area contributed by atoms with E-state index in [1.54, 1.807) is 11.5 Å². The molecule has 1 aliphatic rings. The molecule has 0 saturated heterocycles. The van der Waals surface area contributed by atoms with E-state index < -0.39 is 6.10 Å². The maximum absolute atomic E-state index is 11.6. The van der Waals surface area contributed by atoms with Crippen LogP contribution in [0.1, 0.15) is 31.6 Å². The summed E-state index contributed by atoms with van der Waals surface area (Å²) in [5, 5.41) is 12.4. The third kappa shape index (κ3) is 2.85. The van der Waals surface area contributed by atoms with Gasteiger partial charge in [0, 0.05) is 18.4 Å². The standard InChI is InChI=1S/C12H18N2O2/c1-9(15)11-3-2-6-14(11)8-12(16)13-7-10-4-5-10/h2-3,6,9-10,15H,4-5,7-8H2,1H3,(H,13,16). The molecule has 1 unspecified atom stereocenters. The monoisotopic (exact) mass is 222 g/mol. The number of amides is 1. The lowest BCUT2D eigenvalue weighted by atomic mass is 10.3. The van der Waals surface area contributed by atoms with Crippen LogP contribution < -0.4 is 5.32 Å². The molecule has 1 aliphatic carbocycles. The van der Waals surface area contributed by atoms with Crippen LogP contribution in [0.2, 0.25) is 0 Å². The summed E-state index contributed by atoms with van der Waals surface area (Å²) in [6.45, 7) is 2.79. The van der Waals surface area contributed by atoms with E-state index in [1.165, 1.54) is 12.8 Å². The smallest absolute Gasteiger partial charge is 0.239 e. The Balaban J connectivity index is 1.86. The minimum Gasteiger partial charge on any atom is -0.387 e. The molecule has 1 amide bonds. The normalized spacial score (nSPS) is 17.1. The second-order valence-electron chi connectivity index (χ2n) is 4.48. The predicted molar refractivity (Wildman–Crippen MR) is 60.8 cm³/mol. The average molecular weight is 222 g/mol. The van der Waals surface area contributed by atoms with Crippen molar-refractivity contribution in [2.75, 3.05) is 6.54 Å². The van der Waals surface area contributed by atoms with Crippen LogP contribution in [0.15, 0.2) is 18.3 Å². The molecule has 1 saturated carbocycles. The molecule has 1 aromatic rings. The molecule has 2 N–H and O–H groups in total. The van der Waals surface area contributed by atoms with Gasteiger partial charge in [-0.15, -0.1) is 0 Å². The van der Waals surface area contributed by atoms with Crippen molar-refractivity contribution in [2.45, 2.75) is 32.4 Å². The predicted octanol–water partition coefficient (Wildman–Crippen LogP) is 1.07. The van der Waals surface area contributed by atoms with Crippen molar-refractivity contribution in [2.24, 2.45) is 5.92 Å². The summed E-state index contributed by atoms with van der Waals surface area (Å²) in [6.07, 6.45) is 3.76. The summed E-state index contributed by atoms with van der Waals surface area (Å²) in [4.78, 5) is 11.6. The number of hydrogen-bond donors (Lipinski definition) is 2. The van der Waals surface area contributed by atoms with Gasteiger partial charge in [0.25, 0.3) is 0 Å². The number of nitrogens with zero attached hydrogens (tertiary/aromatic N) is 1. The van der Waals surface area contributed by atoms with Gasteiger partial charge in [-0.1, -0.05) is 0 Å². The molecule has 4 nitrogen and oxygen atoms in total. The molecule has 1 fully saturated rings. The quantitative estimate of drug-likeness (QED) is 0.783. The van der Waals surface area contributed by atoms with Gasteiger partial charge in [0.15, 0.2) is 0 Å². The van der Waals surface area contributed by atoms with Crippen LogP contribution >= 0.6 is 0 Å². The van der Waals surface area contributed by atoms with E-state index in [0.29, 0.717) is 12.5 Å². The van der Waals surface area contributed by atoms with Gasteiger partial charge in [0.1, 0.15) is 6.54 Å². The fourth-order valence-corrected chi connectivity index (χ4v) is 1.74. The molecule has 0 aliphatic heterocycles. The summed E-state index contributed by atoms with van der Waals surface area (Å²) in [6, 6.07) is 3.68. The summed E-state index contributed by atoms with van der Waals surface area (Å²) in [7, 11) is 0. The lowest BCUT2D eigenvalue weighted by molar-refractivity contribution is -0.121. The molecular formula is C12H18N2O2. The number of aliphatic hydroxyl groups excluding tert-OH is 1. The number of rotatable bonds is 5. The van der Waals surface area contributed by atoms with Crippen molar-refractivity contribution in [1.82, 2.24) is 9.88 Å². The molecule has 0 spiro atoms. The third-order valence-corrected chi connectivity index (χ3v) is 2.89. The Hall–Kier alpha value is -1.29. The van der Waals surface area contributed by atoms with Crippen molar-refractivity contribution >= 4 is 5.91 Å². The van der Waals surface area contributed by atoms with Crippen LogP contribution in [0, 0.1) is 5.92 Å². The number of nitrogens with one attached hydrogen (secondary N) is 1. The largest absolute Gasteiger partial charge is 0.387 e. The Bertz CT molecular complexity index is 367. The Morgan fingerprint density at radius 2 is 2.44 bits per heavy atom. The van der Waals surface area contributed by atoms with Crippen molar-refractivity contribution < 1.29 is 9.90 Å². The molecular weight excluding hydrogens is 204 g/mol. The van der Waals surface area contributed by atoms with Crippen molar-refractivity contribution in [3.05, 3.63) is 24.0 Å². The van der Waals surface area contributed by atoms with Crippen molar-refractivity contribution in [1.29, 1.82) is 0 Å². The van der Waals surface area contributed by atoms with Gasteiger partial charge in [0.05, 0.1) is 6.10 Å². The highest BCUT2D eigenvalue weighted by Gasteiger charge is 2.21. The highest BCUT2D eigenvalue weighted by molar-refractivity contribution is 5.75. The van der Waals surface area contributed by atoms with Crippen LogP contribution in [-0.2, 0) is 11.3 Å². The zero-order chi connectivity index (χ0) is 11.5. The molecule has 88 valence electrons. The molecule has 2 rings (SSSR count). The zero-order valence-electron chi connectivity index (χ0n) is 9.52. The SMILES string of the molecule is CC(O)c1cccn1CC(=O)NCC1CC1. The molecule has 4 heteroatoms. The van der Waals surface area contributed by atoms with E-state index in [1.807, 2.05) is 18.3 Å². The van der Waals surface area contributed by atoms with Gasteiger partial charge in [-0.2, -0.15) is 0 Å². The molecule has 0 radical (unpaired) electrons. The van der Waals surface area contributed by atoms with Crippen LogP contribution in [0.3, 0.4) is 0 Å². The second kappa shape index (κ2) is 4.70. The van der Waals surface area contributed by atoms with E-state index in [2.05, 4.69) is 5.32 Å². The van der Waals surface area contributed by atoms with Crippen LogP contribution in [0.4, 0.5) is 0 Å². The average Bonchev–Trinajstić information content (AvgIpc) is 2.95. The summed E-state index contributed by atoms with van der Waals surface area (Å²) in [5.41, 5.74) is 0.779. The van der Waals surface area contributed by atoms with Gasteiger partial charge < -0.3 is 15.0 Å². The van der Waals surface area contributed by atoms with Gasteiger partial charge in [-0.05, 0) is 37.8 Å². The number of aliphatic hydroxyl groups is 1. The first-order valence-electron chi connectivity index (χ1n) is 5.76. The van der Waals surface area contributed by atoms with E-state index in [9.17, 15) is 9.90 Å². The fourth-order valence-electron chi connectivity index (χ4n) is 1.74. The van der Waals surface area contributed by atoms with E-state index >= 15 is 0 Å². The lowest BCUT2D eigenvalue weighted by Crippen LogP contribution is -2.29. The number of carbonyl (C=O) groups excluding carboxylic acids is 1. The van der Waals surface area contributed by atoms with Gasteiger partial charge >= 0.3 is 0 Å². The van der Waals surface area contributed by atoms with E-state index in [0.717, 1.165) is 12.2 Å². The summed E-state index contributed by atoms with van der Waals surface area (Å²) < 4.78 is 1.78. The van der Waals surface area contributed by atoms with Crippen molar-refractivity contribution in [3.63, 3.8) is 0 Å². The van der Waals surface area contributed by atoms with Crippen LogP contribution in [0.25, 0.3) is 0 Å². The van der Waals surface area contributed by atoms with E-state index in [-0.39, 0.29) is 5.91 Å². The second-order valence-corrected chi connectivity index (χ2v) is 4.48. The minimum atomic E-state index is -0.536. The number of aromatic nitrogens is 1. The first kappa shape index (κ1) is 11.2. The molecule has 1 heterocycles. The van der Waals surface area contributed by atoms with Gasteiger partial charge in [-0.3, -0.25) is 4.79 Å². The molecule has 0 aromatic carbocycles. The number of carbonyl (C=O) groups is 1. The fraction of sp³-hybridized carbons (Fsp3) is 0.583. The molecule has 1 atom stereocenters. The zero-order valence-corrected chi connectivity index (χ0v) is 9.52. The Morgan fingerprint density at radius 1 is 1.69 bits per heavy atom. The highest BCUT2D eigenvalue weighted by atomic mass is 16.3. The Labute approximate surface area is 95.3 Å². The topological polar surface area (TPSA) is 54.3 Å². The summed E-state index contributed by atoms with van der Waals surface area (Å²) in [5.74, 6) is 0.717. The minimum absolute atomic E-state index is 0.0185. The highest BCUT2D eigenvalue weighted by Crippen LogP contribution is 2.27. The Kier molecular flexibility index (Phi) is 3.29. The molecule has 16 heavy (non-hydrogen) atoms. The Morgan fingerprint density at radius 3 is 3.06 bits per heavy atom. The van der Waals surface area contributed by atoms with Gasteiger partial charge in [0.2, 0.25) is 5.91 Å². The maximum atomic E-state index is 11.6. The summed E-state index contributed by atoms with van der Waals surface area (Å²) >= 11 is 0. The van der Waals surface area contributed by atoms with Crippen LogP contribution in [-0.4, -0.2) is 22.1 Å². The first-order valence-corrected chi connectivity index (χ1v) is 5.76.